The van der Waals surface area contributed by atoms with E-state index in [1.54, 1.807) is 7.11 Å². The number of nitrogens with two attached hydrogens (primary N) is 1. The van der Waals surface area contributed by atoms with Gasteiger partial charge in [0.1, 0.15) is 5.75 Å². The normalized spacial score (nSPS) is 19.0. The third kappa shape index (κ3) is 4.29. The van der Waals surface area contributed by atoms with Gasteiger partial charge in [-0.2, -0.15) is 0 Å². The van der Waals surface area contributed by atoms with Gasteiger partial charge >= 0.3 is 0 Å². The average molecular weight is 376 g/mol. The first kappa shape index (κ1) is 20.1. The van der Waals surface area contributed by atoms with E-state index in [0.29, 0.717) is 18.0 Å². The number of nitrogens with one attached hydrogen (secondary N) is 1. The molecule has 0 aromatic heterocycles. The number of ether oxygens (including phenoxy) is 1. The average Bonchev–Trinajstić information content (AvgIpc) is 3.03. The quantitative estimate of drug-likeness (QED) is 0.836. The molecular weight excluding hydrogens is 350 g/mol. The monoisotopic (exact) mass is 375 g/mol. The lowest BCUT2D eigenvalue weighted by Gasteiger charge is -2.23. The van der Waals surface area contributed by atoms with Crippen molar-refractivity contribution in [1.82, 2.24) is 4.90 Å². The summed E-state index contributed by atoms with van der Waals surface area (Å²) in [5.74, 6) is 1.24. The highest BCUT2D eigenvalue weighted by Crippen LogP contribution is 2.28. The number of nitrogens with zero attached hydrogens (tertiary/aromatic N) is 1. The maximum Gasteiger partial charge on any atom is 0.256 e. The predicted octanol–water partition coefficient (Wildman–Crippen LogP) is 3.67. The van der Waals surface area contributed by atoms with Gasteiger partial charge in [0.05, 0.1) is 18.4 Å². The minimum absolute atomic E-state index is 0. The zero-order chi connectivity index (χ0) is 17.8. The highest BCUT2D eigenvalue weighted by Gasteiger charge is 2.32. The lowest BCUT2D eigenvalue weighted by atomic mass is 10.1. The number of benzene rings is 2. The van der Waals surface area contributed by atoms with Gasteiger partial charge in [0.25, 0.3) is 5.91 Å². The van der Waals surface area contributed by atoms with Crippen LogP contribution in [0.3, 0.4) is 0 Å². The Morgan fingerprint density at radius 1 is 1.23 bits per heavy atom. The summed E-state index contributed by atoms with van der Waals surface area (Å²) in [7, 11) is 1.64. The largest absolute Gasteiger partial charge is 0.497 e. The number of carbonyl (C=O) groups is 1. The van der Waals surface area contributed by atoms with Crippen molar-refractivity contribution in [2.45, 2.75) is 19.4 Å². The number of likely N-dealkylation sites (tertiary alicyclic amines) is 1. The van der Waals surface area contributed by atoms with E-state index in [2.05, 4.69) is 12.2 Å². The maximum atomic E-state index is 13.1. The minimum atomic E-state index is 0. The molecule has 0 radical (unpaired) electrons. The van der Waals surface area contributed by atoms with Crippen LogP contribution in [0, 0.1) is 5.92 Å². The highest BCUT2D eigenvalue weighted by atomic mass is 35.5. The molecule has 0 spiro atoms. The zero-order valence-electron chi connectivity index (χ0n) is 15.1. The van der Waals surface area contributed by atoms with Crippen molar-refractivity contribution >= 4 is 29.7 Å². The lowest BCUT2D eigenvalue weighted by Crippen LogP contribution is -2.34. The SMILES string of the molecule is COc1ccc(Nc2ccccc2C(=O)N2CC(CN)CC2C)cc1.Cl. The molecular formula is C20H26ClN3O2. The Labute approximate surface area is 160 Å². The third-order valence-corrected chi connectivity index (χ3v) is 4.78. The van der Waals surface area contributed by atoms with Crippen LogP contribution in [0.5, 0.6) is 5.75 Å². The van der Waals surface area contributed by atoms with E-state index in [0.717, 1.165) is 30.1 Å². The summed E-state index contributed by atoms with van der Waals surface area (Å²) in [5.41, 5.74) is 8.19. The predicted molar refractivity (Wildman–Crippen MR) is 108 cm³/mol. The molecule has 26 heavy (non-hydrogen) atoms. The van der Waals surface area contributed by atoms with Gasteiger partial charge < -0.3 is 20.7 Å². The fourth-order valence-electron chi connectivity index (χ4n) is 3.36. The van der Waals surface area contributed by atoms with Gasteiger partial charge in [0, 0.05) is 18.3 Å². The van der Waals surface area contributed by atoms with Crippen molar-refractivity contribution < 1.29 is 9.53 Å². The third-order valence-electron chi connectivity index (χ3n) is 4.78. The van der Waals surface area contributed by atoms with Crippen LogP contribution in [0.2, 0.25) is 0 Å². The molecule has 140 valence electrons. The van der Waals surface area contributed by atoms with E-state index in [1.165, 1.54) is 0 Å². The van der Waals surface area contributed by atoms with Crippen LogP contribution in [-0.4, -0.2) is 37.0 Å². The van der Waals surface area contributed by atoms with E-state index < -0.39 is 0 Å². The Balaban J connectivity index is 0.00000243. The van der Waals surface area contributed by atoms with Gasteiger partial charge in [-0.3, -0.25) is 4.79 Å². The number of hydrogen-bond donors (Lipinski definition) is 2. The van der Waals surface area contributed by atoms with Crippen molar-refractivity contribution in [2.24, 2.45) is 11.7 Å². The highest BCUT2D eigenvalue weighted by molar-refractivity contribution is 6.00. The zero-order valence-corrected chi connectivity index (χ0v) is 16.0. The Morgan fingerprint density at radius 3 is 2.54 bits per heavy atom. The summed E-state index contributed by atoms with van der Waals surface area (Å²) >= 11 is 0. The number of hydrogen-bond acceptors (Lipinski definition) is 4. The van der Waals surface area contributed by atoms with Gasteiger partial charge in [-0.05, 0) is 62.2 Å². The first-order valence-electron chi connectivity index (χ1n) is 8.63. The van der Waals surface area contributed by atoms with Crippen LogP contribution in [0.1, 0.15) is 23.7 Å². The summed E-state index contributed by atoms with van der Waals surface area (Å²) in [6, 6.07) is 15.5. The van der Waals surface area contributed by atoms with E-state index in [1.807, 2.05) is 53.4 Å². The summed E-state index contributed by atoms with van der Waals surface area (Å²) < 4.78 is 5.18. The molecule has 3 N–H and O–H groups in total. The second kappa shape index (κ2) is 8.92. The fourth-order valence-corrected chi connectivity index (χ4v) is 3.36. The molecule has 0 aliphatic carbocycles. The Bertz CT molecular complexity index is 736. The van der Waals surface area contributed by atoms with E-state index in [9.17, 15) is 4.79 Å². The topological polar surface area (TPSA) is 67.6 Å². The minimum Gasteiger partial charge on any atom is -0.497 e. The van der Waals surface area contributed by atoms with Crippen LogP contribution in [0.25, 0.3) is 0 Å². The van der Waals surface area contributed by atoms with Crippen LogP contribution in [0.4, 0.5) is 11.4 Å². The standard InChI is InChI=1S/C20H25N3O2.ClH/c1-14-11-15(12-21)13-23(14)20(24)18-5-3-4-6-19(18)22-16-7-9-17(25-2)10-8-16;/h3-10,14-15,22H,11-13,21H2,1-2H3;1H. The number of amides is 1. The number of anilines is 2. The van der Waals surface area contributed by atoms with Crippen molar-refractivity contribution in [1.29, 1.82) is 0 Å². The molecule has 1 amide bonds. The van der Waals surface area contributed by atoms with Crippen LogP contribution in [-0.2, 0) is 0 Å². The molecule has 0 bridgehead atoms. The van der Waals surface area contributed by atoms with Crippen LogP contribution >= 0.6 is 12.4 Å². The Morgan fingerprint density at radius 2 is 1.92 bits per heavy atom. The van der Waals surface area contributed by atoms with Crippen molar-refractivity contribution in [3.05, 3.63) is 54.1 Å². The maximum absolute atomic E-state index is 13.1. The molecule has 1 fully saturated rings. The molecule has 3 rings (SSSR count). The van der Waals surface area contributed by atoms with Crippen molar-refractivity contribution in [3.63, 3.8) is 0 Å². The van der Waals surface area contributed by atoms with Crippen molar-refractivity contribution in [3.8, 4) is 5.75 Å². The second-order valence-corrected chi connectivity index (χ2v) is 6.54. The summed E-state index contributed by atoms with van der Waals surface area (Å²) in [5, 5.41) is 3.34. The molecule has 1 saturated heterocycles. The van der Waals surface area contributed by atoms with Crippen molar-refractivity contribution in [2.75, 3.05) is 25.5 Å². The van der Waals surface area contributed by atoms with Crippen LogP contribution < -0.4 is 15.8 Å². The van der Waals surface area contributed by atoms with E-state index >= 15 is 0 Å². The fraction of sp³-hybridized carbons (Fsp3) is 0.350. The number of rotatable bonds is 5. The Hall–Kier alpha value is -2.24. The van der Waals surface area contributed by atoms with Gasteiger partial charge in [0.15, 0.2) is 0 Å². The molecule has 0 saturated carbocycles. The molecule has 2 aromatic carbocycles. The molecule has 2 unspecified atom stereocenters. The summed E-state index contributed by atoms with van der Waals surface area (Å²) in [6.07, 6.45) is 0.969. The first-order valence-corrected chi connectivity index (χ1v) is 8.63. The molecule has 1 aliphatic rings. The molecule has 1 heterocycles. The van der Waals surface area contributed by atoms with Gasteiger partial charge in [-0.25, -0.2) is 0 Å². The number of para-hydroxylation sites is 1. The smallest absolute Gasteiger partial charge is 0.256 e. The van der Waals surface area contributed by atoms with Gasteiger partial charge in [-0.15, -0.1) is 12.4 Å². The number of methoxy groups -OCH3 is 1. The summed E-state index contributed by atoms with van der Waals surface area (Å²) in [6.45, 7) is 3.44. The Kier molecular flexibility index (Phi) is 6.89. The van der Waals surface area contributed by atoms with Gasteiger partial charge in [-0.1, -0.05) is 12.1 Å². The van der Waals surface area contributed by atoms with E-state index in [4.69, 9.17) is 10.5 Å². The molecule has 6 heteroatoms. The number of halogens is 1. The second-order valence-electron chi connectivity index (χ2n) is 6.54. The number of carbonyl (C=O) groups excluding carboxylic acids is 1. The first-order chi connectivity index (χ1) is 12.1. The van der Waals surface area contributed by atoms with Gasteiger partial charge in [0.2, 0.25) is 0 Å². The molecule has 1 aliphatic heterocycles. The molecule has 2 atom stereocenters. The lowest BCUT2D eigenvalue weighted by molar-refractivity contribution is 0.0744. The summed E-state index contributed by atoms with van der Waals surface area (Å²) in [4.78, 5) is 15.0. The molecule has 5 nitrogen and oxygen atoms in total. The van der Waals surface area contributed by atoms with Crippen LogP contribution in [0.15, 0.2) is 48.5 Å². The molecule has 2 aromatic rings. The van der Waals surface area contributed by atoms with E-state index in [-0.39, 0.29) is 24.4 Å².